The Kier molecular flexibility index (Phi) is 5.76. The van der Waals surface area contributed by atoms with Crippen LogP contribution in [-0.4, -0.2) is 59.1 Å². The van der Waals surface area contributed by atoms with Gasteiger partial charge < -0.3 is 19.9 Å². The number of anilines is 1. The van der Waals surface area contributed by atoms with Crippen molar-refractivity contribution in [1.82, 2.24) is 24.9 Å². The lowest BCUT2D eigenvalue weighted by Gasteiger charge is -2.17. The topological polar surface area (TPSA) is 150 Å². The van der Waals surface area contributed by atoms with Crippen molar-refractivity contribution in [2.45, 2.75) is 50.8 Å². The number of hydrazine groups is 1. The standard InChI is InChI=1S/C14H19N7O4S2/c1-5(20-24)3-7-9(22)10(23)13(25-7)21-4-15-8-11(21)16-14(17-12(8)27)19-18-6(2)26/h4-5,7,9-10,13,22-23H,3H2,1-2H3,(H,18,26)(H2,16,17,19,27)/t5-,7+,9?,10?,13+/m0/s1. The summed E-state index contributed by atoms with van der Waals surface area (Å²) in [5, 5.41) is 23.6. The lowest BCUT2D eigenvalue weighted by Crippen LogP contribution is -2.32. The molecule has 1 fully saturated rings. The van der Waals surface area contributed by atoms with Crippen LogP contribution in [0.25, 0.3) is 11.2 Å². The van der Waals surface area contributed by atoms with Crippen LogP contribution in [0, 0.1) is 9.55 Å². The number of aliphatic hydroxyl groups is 2. The van der Waals surface area contributed by atoms with Gasteiger partial charge in [-0.25, -0.2) is 4.98 Å². The van der Waals surface area contributed by atoms with Crippen LogP contribution < -0.4 is 10.9 Å². The van der Waals surface area contributed by atoms with Crippen molar-refractivity contribution in [3.63, 3.8) is 0 Å². The highest BCUT2D eigenvalue weighted by molar-refractivity contribution is 7.80. The molecule has 2 aromatic heterocycles. The first-order chi connectivity index (χ1) is 12.8. The summed E-state index contributed by atoms with van der Waals surface area (Å²) < 4.78 is 7.54. The van der Waals surface area contributed by atoms with Crippen LogP contribution in [0.1, 0.15) is 26.5 Å². The molecule has 3 rings (SSSR count). The number of thiocarbonyl (C=S) groups is 1. The number of imidazole rings is 1. The van der Waals surface area contributed by atoms with Crippen LogP contribution in [0.5, 0.6) is 0 Å². The van der Waals surface area contributed by atoms with E-state index in [9.17, 15) is 15.1 Å². The average Bonchev–Trinajstić information content (AvgIpc) is 3.16. The van der Waals surface area contributed by atoms with Gasteiger partial charge in [0.25, 0.3) is 0 Å². The van der Waals surface area contributed by atoms with E-state index in [1.165, 1.54) is 10.9 Å². The maximum atomic E-state index is 10.6. The van der Waals surface area contributed by atoms with Gasteiger partial charge in [-0.05, 0) is 13.8 Å². The Bertz CT molecular complexity index is 916. The van der Waals surface area contributed by atoms with Gasteiger partial charge in [0.05, 0.1) is 23.5 Å². The van der Waals surface area contributed by atoms with Crippen LogP contribution in [0.2, 0.25) is 0 Å². The molecule has 11 nitrogen and oxygen atoms in total. The van der Waals surface area contributed by atoms with Crippen molar-refractivity contribution in [3.8, 4) is 0 Å². The molecular formula is C14H19N7O4S2. The minimum absolute atomic E-state index is 0.188. The summed E-state index contributed by atoms with van der Waals surface area (Å²) in [7, 11) is 0. The van der Waals surface area contributed by atoms with E-state index < -0.39 is 30.6 Å². The van der Waals surface area contributed by atoms with E-state index in [1.807, 2.05) is 0 Å². The molecule has 0 radical (unpaired) electrons. The zero-order valence-corrected chi connectivity index (χ0v) is 16.1. The van der Waals surface area contributed by atoms with E-state index in [-0.39, 0.29) is 11.1 Å². The molecule has 1 aliphatic rings. The normalized spacial score (nSPS) is 26.1. The maximum Gasteiger partial charge on any atom is 0.222 e. The van der Waals surface area contributed by atoms with Gasteiger partial charge in [-0.1, -0.05) is 29.6 Å². The number of H-pyrrole nitrogens is 1. The maximum absolute atomic E-state index is 10.6. The third-order valence-corrected chi connectivity index (χ3v) is 4.55. The van der Waals surface area contributed by atoms with Crippen molar-refractivity contribution in [2.75, 3.05) is 5.43 Å². The lowest BCUT2D eigenvalue weighted by atomic mass is 10.0. The minimum atomic E-state index is -1.22. The van der Waals surface area contributed by atoms with Crippen molar-refractivity contribution in [2.24, 2.45) is 5.18 Å². The van der Waals surface area contributed by atoms with Gasteiger partial charge in [-0.15, -0.1) is 0 Å². The molecule has 0 amide bonds. The molecule has 1 saturated heterocycles. The second-order valence-corrected chi connectivity index (χ2v) is 7.28. The van der Waals surface area contributed by atoms with Gasteiger partial charge in [0, 0.05) is 6.42 Å². The van der Waals surface area contributed by atoms with Crippen LogP contribution >= 0.6 is 24.4 Å². The van der Waals surface area contributed by atoms with Gasteiger partial charge in [-0.2, -0.15) is 9.89 Å². The molecule has 0 aliphatic carbocycles. The Labute approximate surface area is 164 Å². The van der Waals surface area contributed by atoms with Gasteiger partial charge in [0.2, 0.25) is 5.95 Å². The third kappa shape index (κ3) is 3.96. The van der Waals surface area contributed by atoms with Crippen molar-refractivity contribution >= 4 is 46.5 Å². The van der Waals surface area contributed by atoms with Gasteiger partial charge >= 0.3 is 0 Å². The predicted octanol–water partition coefficient (Wildman–Crippen LogP) is 0.917. The molecule has 13 heteroatoms. The molecule has 1 aliphatic heterocycles. The minimum Gasteiger partial charge on any atom is -0.388 e. The number of rotatable bonds is 6. The number of nitroso groups, excluding NO2 is 1. The van der Waals surface area contributed by atoms with Crippen molar-refractivity contribution in [1.29, 1.82) is 0 Å². The molecule has 0 aromatic carbocycles. The number of ether oxygens (including phenoxy) is 1. The number of aromatic nitrogens is 4. The molecule has 5 N–H and O–H groups in total. The van der Waals surface area contributed by atoms with Gasteiger partial charge in [0.15, 0.2) is 10.9 Å². The van der Waals surface area contributed by atoms with Crippen LogP contribution in [0.4, 0.5) is 5.95 Å². The summed E-state index contributed by atoms with van der Waals surface area (Å²) in [4.78, 5) is 22.5. The first-order valence-electron chi connectivity index (χ1n) is 8.15. The highest BCUT2D eigenvalue weighted by atomic mass is 32.1. The average molecular weight is 413 g/mol. The number of nitrogens with one attached hydrogen (secondary N) is 3. The zero-order valence-electron chi connectivity index (χ0n) is 14.5. The highest BCUT2D eigenvalue weighted by Crippen LogP contribution is 2.33. The van der Waals surface area contributed by atoms with E-state index in [0.29, 0.717) is 22.1 Å². The largest absolute Gasteiger partial charge is 0.388 e. The summed E-state index contributed by atoms with van der Waals surface area (Å²) in [6, 6.07) is -0.551. The third-order valence-electron chi connectivity index (χ3n) is 4.17. The second-order valence-electron chi connectivity index (χ2n) is 6.28. The quantitative estimate of drug-likeness (QED) is 0.263. The summed E-state index contributed by atoms with van der Waals surface area (Å²) in [5.41, 5.74) is 6.37. The molecule has 27 heavy (non-hydrogen) atoms. The lowest BCUT2D eigenvalue weighted by molar-refractivity contribution is -0.0381. The van der Waals surface area contributed by atoms with Crippen molar-refractivity contribution < 1.29 is 14.9 Å². The monoisotopic (exact) mass is 413 g/mol. The number of hydrogen-bond donors (Lipinski definition) is 5. The van der Waals surface area contributed by atoms with Crippen LogP contribution in [0.15, 0.2) is 11.5 Å². The molecule has 3 heterocycles. The Morgan fingerprint density at radius 1 is 1.52 bits per heavy atom. The van der Waals surface area contributed by atoms with E-state index in [1.54, 1.807) is 13.8 Å². The summed E-state index contributed by atoms with van der Waals surface area (Å²) >= 11 is 10.2. The summed E-state index contributed by atoms with van der Waals surface area (Å²) in [6.45, 7) is 3.31. The van der Waals surface area contributed by atoms with E-state index in [2.05, 4.69) is 31.0 Å². The summed E-state index contributed by atoms with van der Waals surface area (Å²) in [5.74, 6) is 0.293. The van der Waals surface area contributed by atoms with Crippen LogP contribution in [0.3, 0.4) is 0 Å². The zero-order chi connectivity index (χ0) is 19.7. The number of hydrogen-bond acceptors (Lipinski definition) is 10. The number of aliphatic hydroxyl groups excluding tert-OH is 2. The highest BCUT2D eigenvalue weighted by Gasteiger charge is 2.44. The van der Waals surface area contributed by atoms with E-state index >= 15 is 0 Å². The Hall–Kier alpha value is -2.06. The molecule has 0 saturated carbocycles. The number of aromatic amines is 1. The molecule has 146 valence electrons. The molecular weight excluding hydrogens is 394 g/mol. The molecule has 2 unspecified atom stereocenters. The fourth-order valence-corrected chi connectivity index (χ4v) is 3.16. The first kappa shape index (κ1) is 19.7. The van der Waals surface area contributed by atoms with Crippen molar-refractivity contribution in [3.05, 3.63) is 15.9 Å². The number of nitrogens with zero attached hydrogens (tertiary/aromatic N) is 4. The first-order valence-corrected chi connectivity index (χ1v) is 8.97. The van der Waals surface area contributed by atoms with E-state index in [4.69, 9.17) is 29.2 Å². The second kappa shape index (κ2) is 7.90. The molecule has 0 spiro atoms. The van der Waals surface area contributed by atoms with Gasteiger partial charge in [0.1, 0.15) is 23.4 Å². The Morgan fingerprint density at radius 3 is 2.93 bits per heavy atom. The predicted molar refractivity (Wildman–Crippen MR) is 104 cm³/mol. The SMILES string of the molecule is CC(=S)NNc1nc(=S)c2ncn([C@@H]3O[C@H](C[C@H](C)N=O)C(O)C3O)c2[nH]1. The smallest absolute Gasteiger partial charge is 0.222 e. The Balaban J connectivity index is 1.93. The van der Waals surface area contributed by atoms with Crippen LogP contribution in [-0.2, 0) is 4.74 Å². The molecule has 2 aromatic rings. The fraction of sp³-hybridized carbons (Fsp3) is 0.571. The fourth-order valence-electron chi connectivity index (χ4n) is 2.87. The molecule has 5 atom stereocenters. The molecule has 0 bridgehead atoms. The number of fused-ring (bicyclic) bond motifs is 1. The van der Waals surface area contributed by atoms with Gasteiger partial charge in [-0.3, -0.25) is 15.4 Å². The Morgan fingerprint density at radius 2 is 2.26 bits per heavy atom. The summed E-state index contributed by atoms with van der Waals surface area (Å²) in [6.07, 6.45) is -2.43. The van der Waals surface area contributed by atoms with E-state index in [0.717, 1.165) is 0 Å².